The largest absolute Gasteiger partial charge is 0.242 e. The number of alkyl halides is 1. The first kappa shape index (κ1) is 9.87. The molecule has 0 bridgehead atoms. The van der Waals surface area contributed by atoms with Gasteiger partial charge < -0.3 is 0 Å². The normalized spacial score (nSPS) is 10.2. The fourth-order valence-electron chi connectivity index (χ4n) is 0.807. The van der Waals surface area contributed by atoms with E-state index in [0.29, 0.717) is 10.9 Å². The Morgan fingerprint density at radius 3 is 3.00 bits per heavy atom. The average Bonchev–Trinajstić information content (AvgIpc) is 2.15. The van der Waals surface area contributed by atoms with Crippen molar-refractivity contribution >= 4 is 22.0 Å². The second kappa shape index (κ2) is 4.73. The molecule has 2 nitrogen and oxygen atoms in total. The Morgan fingerprint density at radius 1 is 1.69 bits per heavy atom. The lowest BCUT2D eigenvalue weighted by Crippen LogP contribution is -1.89. The molecular weight excluding hydrogens is 235 g/mol. The van der Waals surface area contributed by atoms with Gasteiger partial charge in [0.05, 0.1) is 0 Å². The van der Waals surface area contributed by atoms with Crippen molar-refractivity contribution in [1.82, 2.24) is 4.98 Å². The van der Waals surface area contributed by atoms with Crippen molar-refractivity contribution in [2.24, 2.45) is 0 Å². The van der Waals surface area contributed by atoms with Gasteiger partial charge in [-0.1, -0.05) is 28.1 Å². The maximum atomic E-state index is 12.9. The van der Waals surface area contributed by atoms with Gasteiger partial charge in [0.25, 0.3) is 0 Å². The Hall–Kier alpha value is -1.21. The predicted molar refractivity (Wildman–Crippen MR) is 51.7 cm³/mol. The third-order valence-corrected chi connectivity index (χ3v) is 1.74. The van der Waals surface area contributed by atoms with Crippen molar-refractivity contribution in [3.63, 3.8) is 0 Å². The average molecular weight is 241 g/mol. The van der Waals surface area contributed by atoms with Gasteiger partial charge in [0.2, 0.25) is 0 Å². The topological polar surface area (TPSA) is 36.7 Å². The summed E-state index contributed by atoms with van der Waals surface area (Å²) in [5, 5.41) is 9.11. The Balaban J connectivity index is 2.97. The van der Waals surface area contributed by atoms with Gasteiger partial charge in [-0.3, -0.25) is 0 Å². The van der Waals surface area contributed by atoms with Crippen LogP contribution in [0.25, 0.3) is 6.08 Å². The van der Waals surface area contributed by atoms with E-state index in [4.69, 9.17) is 5.26 Å². The Morgan fingerprint density at radius 2 is 2.46 bits per heavy atom. The molecule has 1 aromatic rings. The first-order valence-corrected chi connectivity index (χ1v) is 4.68. The van der Waals surface area contributed by atoms with E-state index < -0.39 is 5.82 Å². The second-order valence-corrected chi connectivity index (χ2v) is 2.92. The van der Waals surface area contributed by atoms with Gasteiger partial charge in [-0.25, -0.2) is 9.37 Å². The molecule has 0 aliphatic rings. The predicted octanol–water partition coefficient (Wildman–Crippen LogP) is 2.50. The van der Waals surface area contributed by atoms with Crippen LogP contribution in [0.4, 0.5) is 4.39 Å². The Bertz CT molecular complexity index is 368. The molecule has 0 saturated heterocycles. The molecule has 0 fully saturated rings. The molecular formula is C9H6BrFN2. The zero-order valence-electron chi connectivity index (χ0n) is 6.67. The third-order valence-electron chi connectivity index (χ3n) is 1.37. The number of hydrogen-bond donors (Lipinski definition) is 0. The van der Waals surface area contributed by atoms with Crippen molar-refractivity contribution in [3.05, 3.63) is 35.4 Å². The number of halogens is 2. The van der Waals surface area contributed by atoms with E-state index in [2.05, 4.69) is 20.9 Å². The smallest absolute Gasteiger partial charge is 0.176 e. The third kappa shape index (κ3) is 2.63. The Kier molecular flexibility index (Phi) is 3.59. The molecule has 0 atom stereocenters. The minimum Gasteiger partial charge on any atom is -0.242 e. The molecule has 0 aliphatic heterocycles. The van der Waals surface area contributed by atoms with Crippen LogP contribution in [-0.4, -0.2) is 10.3 Å². The highest BCUT2D eigenvalue weighted by Gasteiger charge is 2.01. The minimum atomic E-state index is -0.584. The van der Waals surface area contributed by atoms with Crippen molar-refractivity contribution in [3.8, 4) is 6.07 Å². The quantitative estimate of drug-likeness (QED) is 0.746. The van der Waals surface area contributed by atoms with Crippen molar-refractivity contribution in [2.45, 2.75) is 0 Å². The fraction of sp³-hybridized carbons (Fsp3) is 0.111. The molecule has 13 heavy (non-hydrogen) atoms. The SMILES string of the molecule is N#Cc1ncc(C=CCBr)cc1F. The van der Waals surface area contributed by atoms with Crippen molar-refractivity contribution < 1.29 is 4.39 Å². The maximum Gasteiger partial charge on any atom is 0.176 e. The van der Waals surface area contributed by atoms with E-state index in [-0.39, 0.29) is 5.69 Å². The summed E-state index contributed by atoms with van der Waals surface area (Å²) in [5.41, 5.74) is 0.479. The summed E-state index contributed by atoms with van der Waals surface area (Å²) in [6, 6.07) is 2.94. The first-order chi connectivity index (χ1) is 6.27. The van der Waals surface area contributed by atoms with Crippen molar-refractivity contribution in [1.29, 1.82) is 5.26 Å². The van der Waals surface area contributed by atoms with E-state index in [1.165, 1.54) is 12.3 Å². The maximum absolute atomic E-state index is 12.9. The second-order valence-electron chi connectivity index (χ2n) is 2.27. The molecule has 0 amide bonds. The molecule has 1 rings (SSSR count). The zero-order chi connectivity index (χ0) is 9.68. The highest BCUT2D eigenvalue weighted by Crippen LogP contribution is 2.07. The van der Waals surface area contributed by atoms with Gasteiger partial charge >= 0.3 is 0 Å². The molecule has 1 aromatic heterocycles. The molecule has 0 unspecified atom stereocenters. The highest BCUT2D eigenvalue weighted by atomic mass is 79.9. The summed E-state index contributed by atoms with van der Waals surface area (Å²) in [5.74, 6) is -0.584. The van der Waals surface area contributed by atoms with E-state index in [1.807, 2.05) is 6.08 Å². The summed E-state index contributed by atoms with van der Waals surface area (Å²) >= 11 is 3.20. The molecule has 1 heterocycles. The standard InChI is InChI=1S/C9H6BrFN2/c10-3-1-2-7-4-8(11)9(5-12)13-6-7/h1-2,4,6H,3H2. The van der Waals surface area contributed by atoms with Crippen molar-refractivity contribution in [2.75, 3.05) is 5.33 Å². The lowest BCUT2D eigenvalue weighted by Gasteiger charge is -1.94. The number of aromatic nitrogens is 1. The van der Waals surface area contributed by atoms with Crippen LogP contribution in [0.2, 0.25) is 0 Å². The summed E-state index contributed by atoms with van der Waals surface area (Å²) in [7, 11) is 0. The monoisotopic (exact) mass is 240 g/mol. The van der Waals surface area contributed by atoms with Crippen LogP contribution >= 0.6 is 15.9 Å². The van der Waals surface area contributed by atoms with Gasteiger partial charge in [-0.05, 0) is 11.6 Å². The number of rotatable bonds is 2. The summed E-state index contributed by atoms with van der Waals surface area (Å²) in [6.07, 6.45) is 5.01. The van der Waals surface area contributed by atoms with Gasteiger partial charge in [0, 0.05) is 11.5 Å². The van der Waals surface area contributed by atoms with E-state index in [0.717, 1.165) is 0 Å². The van der Waals surface area contributed by atoms with Crippen LogP contribution in [0.15, 0.2) is 18.3 Å². The van der Waals surface area contributed by atoms with E-state index in [9.17, 15) is 4.39 Å². The zero-order valence-corrected chi connectivity index (χ0v) is 8.25. The fourth-order valence-corrected chi connectivity index (χ4v) is 0.994. The van der Waals surface area contributed by atoms with Crippen LogP contribution in [0.3, 0.4) is 0 Å². The van der Waals surface area contributed by atoms with E-state index >= 15 is 0 Å². The Labute approximate surface area is 83.8 Å². The molecule has 0 aromatic carbocycles. The summed E-state index contributed by atoms with van der Waals surface area (Å²) in [6.45, 7) is 0. The van der Waals surface area contributed by atoms with Gasteiger partial charge in [0.1, 0.15) is 6.07 Å². The molecule has 66 valence electrons. The number of hydrogen-bond acceptors (Lipinski definition) is 2. The molecule has 0 aliphatic carbocycles. The molecule has 0 spiro atoms. The van der Waals surface area contributed by atoms with Gasteiger partial charge in [-0.2, -0.15) is 5.26 Å². The number of nitrogens with zero attached hydrogens (tertiary/aromatic N) is 2. The molecule has 0 N–H and O–H groups in total. The van der Waals surface area contributed by atoms with Gasteiger partial charge in [-0.15, -0.1) is 0 Å². The van der Waals surface area contributed by atoms with Crippen LogP contribution < -0.4 is 0 Å². The molecule has 0 saturated carbocycles. The van der Waals surface area contributed by atoms with Crippen LogP contribution in [-0.2, 0) is 0 Å². The number of nitriles is 1. The highest BCUT2D eigenvalue weighted by molar-refractivity contribution is 9.09. The van der Waals surface area contributed by atoms with Crippen LogP contribution in [0, 0.1) is 17.1 Å². The number of pyridine rings is 1. The molecule has 0 radical (unpaired) electrons. The van der Waals surface area contributed by atoms with Crippen LogP contribution in [0.1, 0.15) is 11.3 Å². The summed E-state index contributed by atoms with van der Waals surface area (Å²) in [4.78, 5) is 3.65. The minimum absolute atomic E-state index is 0.170. The first-order valence-electron chi connectivity index (χ1n) is 3.56. The number of allylic oxidation sites excluding steroid dienone is 1. The molecule has 4 heteroatoms. The van der Waals surface area contributed by atoms with Gasteiger partial charge in [0.15, 0.2) is 11.5 Å². The van der Waals surface area contributed by atoms with Crippen LogP contribution in [0.5, 0.6) is 0 Å². The lowest BCUT2D eigenvalue weighted by molar-refractivity contribution is 0.616. The lowest BCUT2D eigenvalue weighted by atomic mass is 10.2. The summed E-state index contributed by atoms with van der Waals surface area (Å²) < 4.78 is 12.9. The van der Waals surface area contributed by atoms with E-state index in [1.54, 1.807) is 12.1 Å².